The van der Waals surface area contributed by atoms with E-state index in [-0.39, 0.29) is 6.04 Å². The van der Waals surface area contributed by atoms with Crippen molar-refractivity contribution in [2.75, 3.05) is 6.54 Å². The van der Waals surface area contributed by atoms with Gasteiger partial charge in [-0.15, -0.1) is 0 Å². The summed E-state index contributed by atoms with van der Waals surface area (Å²) in [4.78, 5) is 12.3. The van der Waals surface area contributed by atoms with Crippen molar-refractivity contribution in [1.82, 2.24) is 5.32 Å². The van der Waals surface area contributed by atoms with Gasteiger partial charge in [0, 0.05) is 6.42 Å². The minimum atomic E-state index is 0.0545. The summed E-state index contributed by atoms with van der Waals surface area (Å²) in [6.07, 6.45) is 2.60. The molecule has 2 aromatic carbocycles. The molecule has 0 aliphatic carbocycles. The van der Waals surface area contributed by atoms with Crippen molar-refractivity contribution in [3.63, 3.8) is 0 Å². The number of hydrogen-bond donors (Lipinski definition) is 1. The Labute approximate surface area is 119 Å². The van der Waals surface area contributed by atoms with Crippen LogP contribution in [0.2, 0.25) is 0 Å². The Morgan fingerprint density at radius 2 is 1.80 bits per heavy atom. The SMILES string of the molecule is O=C(Cc1ccccc1-c1ccccc1)[C@@H]1CCCN1. The molecule has 0 unspecified atom stereocenters. The molecule has 2 nitrogen and oxygen atoms in total. The Morgan fingerprint density at radius 3 is 2.55 bits per heavy atom. The molecular weight excluding hydrogens is 246 g/mol. The molecule has 1 aliphatic rings. The quantitative estimate of drug-likeness (QED) is 0.919. The van der Waals surface area contributed by atoms with Crippen LogP contribution in [0, 0.1) is 0 Å². The number of carbonyl (C=O) groups is 1. The fourth-order valence-corrected chi connectivity index (χ4v) is 2.84. The fraction of sp³-hybridized carbons (Fsp3) is 0.278. The third-order valence-electron chi connectivity index (χ3n) is 3.92. The van der Waals surface area contributed by atoms with Crippen LogP contribution >= 0.6 is 0 Å². The van der Waals surface area contributed by atoms with Gasteiger partial charge in [0.25, 0.3) is 0 Å². The summed E-state index contributed by atoms with van der Waals surface area (Å²) in [5.74, 6) is 0.311. The standard InChI is InChI=1S/C18H19NO/c20-18(17-11-6-12-19-17)13-15-9-4-5-10-16(15)14-7-2-1-3-8-14/h1-5,7-10,17,19H,6,11-13H2/t17-/m0/s1. The number of rotatable bonds is 4. The first-order valence-electron chi connectivity index (χ1n) is 7.24. The monoisotopic (exact) mass is 265 g/mol. The number of Topliss-reactive ketones (excluding diaryl/α,β-unsaturated/α-hetero) is 1. The molecule has 0 bridgehead atoms. The topological polar surface area (TPSA) is 29.1 Å². The molecule has 2 heteroatoms. The maximum absolute atomic E-state index is 12.3. The molecule has 1 saturated heterocycles. The zero-order valence-corrected chi connectivity index (χ0v) is 11.5. The summed E-state index contributed by atoms with van der Waals surface area (Å²) in [5.41, 5.74) is 3.46. The van der Waals surface area contributed by atoms with Crippen molar-refractivity contribution in [2.45, 2.75) is 25.3 Å². The minimum Gasteiger partial charge on any atom is -0.307 e. The molecule has 1 heterocycles. The molecule has 1 atom stereocenters. The first-order chi connectivity index (χ1) is 9.84. The highest BCUT2D eigenvalue weighted by Gasteiger charge is 2.22. The number of benzene rings is 2. The highest BCUT2D eigenvalue weighted by molar-refractivity contribution is 5.88. The first kappa shape index (κ1) is 13.1. The molecule has 1 N–H and O–H groups in total. The lowest BCUT2D eigenvalue weighted by molar-refractivity contribution is -0.120. The molecule has 102 valence electrons. The summed E-state index contributed by atoms with van der Waals surface area (Å²) in [6.45, 7) is 0.969. The smallest absolute Gasteiger partial charge is 0.154 e. The average molecular weight is 265 g/mol. The van der Waals surface area contributed by atoms with Crippen molar-refractivity contribution in [2.24, 2.45) is 0 Å². The van der Waals surface area contributed by atoms with Gasteiger partial charge in [0.1, 0.15) is 0 Å². The molecule has 20 heavy (non-hydrogen) atoms. The van der Waals surface area contributed by atoms with E-state index in [2.05, 4.69) is 29.6 Å². The molecule has 0 radical (unpaired) electrons. The van der Waals surface area contributed by atoms with Crippen molar-refractivity contribution in [1.29, 1.82) is 0 Å². The molecule has 2 aromatic rings. The van der Waals surface area contributed by atoms with Crippen molar-refractivity contribution >= 4 is 5.78 Å². The van der Waals surface area contributed by atoms with E-state index in [0.29, 0.717) is 12.2 Å². The van der Waals surface area contributed by atoms with Gasteiger partial charge in [-0.1, -0.05) is 54.6 Å². The zero-order valence-electron chi connectivity index (χ0n) is 11.5. The van der Waals surface area contributed by atoms with Crippen LogP contribution in [0.5, 0.6) is 0 Å². The highest BCUT2D eigenvalue weighted by atomic mass is 16.1. The van der Waals surface area contributed by atoms with Gasteiger partial charge in [0.15, 0.2) is 5.78 Å². The molecule has 1 aliphatic heterocycles. The van der Waals surface area contributed by atoms with Gasteiger partial charge in [-0.05, 0) is 36.1 Å². The average Bonchev–Trinajstić information content (AvgIpc) is 3.03. The third kappa shape index (κ3) is 2.81. The van der Waals surface area contributed by atoms with E-state index in [1.807, 2.05) is 30.3 Å². The fourth-order valence-electron chi connectivity index (χ4n) is 2.84. The van der Waals surface area contributed by atoms with Crippen LogP contribution < -0.4 is 5.32 Å². The van der Waals surface area contributed by atoms with Crippen LogP contribution in [-0.2, 0) is 11.2 Å². The van der Waals surface area contributed by atoms with E-state index in [4.69, 9.17) is 0 Å². The Morgan fingerprint density at radius 1 is 1.05 bits per heavy atom. The molecule has 0 amide bonds. The van der Waals surface area contributed by atoms with Crippen molar-refractivity contribution < 1.29 is 4.79 Å². The summed E-state index contributed by atoms with van der Waals surface area (Å²) in [6, 6.07) is 18.5. The normalized spacial score (nSPS) is 18.1. The molecule has 0 aromatic heterocycles. The van der Waals surface area contributed by atoms with Crippen LogP contribution in [0.4, 0.5) is 0 Å². The molecule has 0 spiro atoms. The van der Waals surface area contributed by atoms with Gasteiger partial charge >= 0.3 is 0 Å². The van der Waals surface area contributed by atoms with E-state index in [1.54, 1.807) is 0 Å². The second-order valence-corrected chi connectivity index (χ2v) is 5.32. The first-order valence-corrected chi connectivity index (χ1v) is 7.24. The molecule has 3 rings (SSSR count). The Balaban J connectivity index is 1.85. The zero-order chi connectivity index (χ0) is 13.8. The number of hydrogen-bond acceptors (Lipinski definition) is 2. The van der Waals surface area contributed by atoms with Crippen molar-refractivity contribution in [3.8, 4) is 11.1 Å². The van der Waals surface area contributed by atoms with E-state index in [1.165, 1.54) is 11.1 Å². The second kappa shape index (κ2) is 6.02. The van der Waals surface area contributed by atoms with Gasteiger partial charge < -0.3 is 5.32 Å². The van der Waals surface area contributed by atoms with E-state index < -0.39 is 0 Å². The van der Waals surface area contributed by atoms with Gasteiger partial charge in [0.2, 0.25) is 0 Å². The number of carbonyl (C=O) groups excluding carboxylic acids is 1. The molecular formula is C18H19NO. The predicted octanol–water partition coefficient (Wildman–Crippen LogP) is 3.22. The summed E-state index contributed by atoms with van der Waals surface area (Å²) >= 11 is 0. The lowest BCUT2D eigenvalue weighted by Crippen LogP contribution is -2.32. The summed E-state index contributed by atoms with van der Waals surface area (Å²) in [5, 5.41) is 3.29. The third-order valence-corrected chi connectivity index (χ3v) is 3.92. The van der Waals surface area contributed by atoms with E-state index in [0.717, 1.165) is 24.9 Å². The van der Waals surface area contributed by atoms with Crippen molar-refractivity contribution in [3.05, 3.63) is 60.2 Å². The van der Waals surface area contributed by atoms with Crippen LogP contribution in [0.1, 0.15) is 18.4 Å². The largest absolute Gasteiger partial charge is 0.307 e. The van der Waals surface area contributed by atoms with E-state index in [9.17, 15) is 4.79 Å². The van der Waals surface area contributed by atoms with Crippen LogP contribution in [0.25, 0.3) is 11.1 Å². The molecule has 0 saturated carbocycles. The van der Waals surface area contributed by atoms with Gasteiger partial charge in [-0.3, -0.25) is 4.79 Å². The predicted molar refractivity (Wildman–Crippen MR) is 81.6 cm³/mol. The van der Waals surface area contributed by atoms with Crippen LogP contribution in [0.3, 0.4) is 0 Å². The maximum atomic E-state index is 12.3. The Kier molecular flexibility index (Phi) is 3.93. The Bertz CT molecular complexity index is 585. The number of ketones is 1. The van der Waals surface area contributed by atoms with Crippen LogP contribution in [0.15, 0.2) is 54.6 Å². The van der Waals surface area contributed by atoms with E-state index >= 15 is 0 Å². The van der Waals surface area contributed by atoms with Gasteiger partial charge in [0.05, 0.1) is 6.04 Å². The minimum absolute atomic E-state index is 0.0545. The van der Waals surface area contributed by atoms with Gasteiger partial charge in [-0.2, -0.15) is 0 Å². The lowest BCUT2D eigenvalue weighted by atomic mass is 9.94. The maximum Gasteiger partial charge on any atom is 0.154 e. The van der Waals surface area contributed by atoms with Gasteiger partial charge in [-0.25, -0.2) is 0 Å². The highest BCUT2D eigenvalue weighted by Crippen LogP contribution is 2.24. The van der Waals surface area contributed by atoms with Crippen LogP contribution in [-0.4, -0.2) is 18.4 Å². The summed E-state index contributed by atoms with van der Waals surface area (Å²) < 4.78 is 0. The summed E-state index contributed by atoms with van der Waals surface area (Å²) in [7, 11) is 0. The second-order valence-electron chi connectivity index (χ2n) is 5.32. The molecule has 1 fully saturated rings. The Hall–Kier alpha value is -1.93. The lowest BCUT2D eigenvalue weighted by Gasteiger charge is -2.12. The number of nitrogens with one attached hydrogen (secondary N) is 1.